The van der Waals surface area contributed by atoms with Gasteiger partial charge in [0.05, 0.1) is 17.8 Å². The molecule has 1 unspecified atom stereocenters. The molecule has 1 aliphatic rings. The van der Waals surface area contributed by atoms with Crippen LogP contribution in [0.3, 0.4) is 0 Å². The average Bonchev–Trinajstić information content (AvgIpc) is 2.75. The van der Waals surface area contributed by atoms with Crippen molar-refractivity contribution in [2.75, 3.05) is 0 Å². The van der Waals surface area contributed by atoms with E-state index in [1.54, 1.807) is 6.92 Å². The summed E-state index contributed by atoms with van der Waals surface area (Å²) in [6.45, 7) is 1.58. The number of rotatable bonds is 2. The number of alkyl halides is 3. The summed E-state index contributed by atoms with van der Waals surface area (Å²) in [5, 5.41) is 6.06. The van der Waals surface area contributed by atoms with Crippen molar-refractivity contribution in [3.05, 3.63) is 41.3 Å². The number of hydrogen-bond donors (Lipinski definition) is 1. The second kappa shape index (κ2) is 4.91. The van der Waals surface area contributed by atoms with Crippen LogP contribution >= 0.6 is 0 Å². The lowest BCUT2D eigenvalue weighted by atomic mass is 10.0. The highest BCUT2D eigenvalue weighted by molar-refractivity contribution is 5.95. The molecule has 2 rings (SSSR count). The molecule has 7 heteroatoms. The molecule has 0 fully saturated rings. The average molecular weight is 272 g/mol. The zero-order valence-electron chi connectivity index (χ0n) is 9.99. The summed E-state index contributed by atoms with van der Waals surface area (Å²) in [5.41, 5.74) is -0.418. The minimum atomic E-state index is -4.35. The van der Waals surface area contributed by atoms with Gasteiger partial charge in [0.25, 0.3) is 5.91 Å². The van der Waals surface area contributed by atoms with E-state index in [-0.39, 0.29) is 12.0 Å². The minimum absolute atomic E-state index is 0.0986. The molecule has 1 aromatic heterocycles. The largest absolute Gasteiger partial charge is 0.416 e. The Morgan fingerprint density at radius 1 is 1.53 bits per heavy atom. The van der Waals surface area contributed by atoms with Crippen LogP contribution in [-0.4, -0.2) is 23.3 Å². The number of carbonyl (C=O) groups excluding carboxylic acids is 1. The molecule has 1 aliphatic carbocycles. The minimum Gasteiger partial charge on any atom is -0.361 e. The van der Waals surface area contributed by atoms with E-state index in [9.17, 15) is 18.0 Å². The van der Waals surface area contributed by atoms with Gasteiger partial charge in [-0.2, -0.15) is 13.2 Å². The Hall–Kier alpha value is -2.05. The highest BCUT2D eigenvalue weighted by atomic mass is 19.4. The molecule has 4 nitrogen and oxygen atoms in total. The van der Waals surface area contributed by atoms with E-state index in [1.165, 1.54) is 12.3 Å². The number of nitrogens with zero attached hydrogens (tertiary/aromatic N) is 1. The fourth-order valence-electron chi connectivity index (χ4n) is 1.70. The SMILES string of the molecule is Cc1oncc1C(=O)NC1C=CC(C(F)(F)F)=CC1. The van der Waals surface area contributed by atoms with Gasteiger partial charge in [-0.1, -0.05) is 23.4 Å². The van der Waals surface area contributed by atoms with Gasteiger partial charge in [0.1, 0.15) is 11.3 Å². The van der Waals surface area contributed by atoms with Gasteiger partial charge in [0.2, 0.25) is 0 Å². The van der Waals surface area contributed by atoms with Crippen molar-refractivity contribution in [2.24, 2.45) is 0 Å². The molecule has 0 saturated heterocycles. The molecule has 0 saturated carbocycles. The number of hydrogen-bond acceptors (Lipinski definition) is 3. The van der Waals surface area contributed by atoms with Crippen molar-refractivity contribution in [1.82, 2.24) is 10.5 Å². The molecule has 0 spiro atoms. The van der Waals surface area contributed by atoms with Crippen molar-refractivity contribution in [1.29, 1.82) is 0 Å². The third-order valence-electron chi connectivity index (χ3n) is 2.74. The number of aryl methyl sites for hydroxylation is 1. The number of aromatic nitrogens is 1. The van der Waals surface area contributed by atoms with E-state index in [1.807, 2.05) is 0 Å². The van der Waals surface area contributed by atoms with Crippen molar-refractivity contribution < 1.29 is 22.5 Å². The van der Waals surface area contributed by atoms with Crippen molar-refractivity contribution in [3.8, 4) is 0 Å². The summed E-state index contributed by atoms with van der Waals surface area (Å²) < 4.78 is 41.9. The monoisotopic (exact) mass is 272 g/mol. The second-order valence-corrected chi connectivity index (χ2v) is 4.13. The predicted octanol–water partition coefficient (Wildman–Crippen LogP) is 2.53. The zero-order valence-corrected chi connectivity index (χ0v) is 9.99. The first kappa shape index (κ1) is 13.4. The van der Waals surface area contributed by atoms with Crippen LogP contribution in [0, 0.1) is 6.92 Å². The maximum atomic E-state index is 12.4. The van der Waals surface area contributed by atoms with Gasteiger partial charge in [-0.15, -0.1) is 0 Å². The van der Waals surface area contributed by atoms with Crippen LogP contribution < -0.4 is 5.32 Å². The molecule has 0 radical (unpaired) electrons. The Balaban J connectivity index is 1.98. The second-order valence-electron chi connectivity index (χ2n) is 4.13. The van der Waals surface area contributed by atoms with Gasteiger partial charge in [-0.05, 0) is 13.3 Å². The third-order valence-corrected chi connectivity index (χ3v) is 2.74. The number of allylic oxidation sites excluding steroid dienone is 2. The Morgan fingerprint density at radius 3 is 2.74 bits per heavy atom. The van der Waals surface area contributed by atoms with Crippen LogP contribution in [0.4, 0.5) is 13.2 Å². The number of amides is 1. The van der Waals surface area contributed by atoms with Crippen LogP contribution in [0.5, 0.6) is 0 Å². The summed E-state index contributed by atoms with van der Waals surface area (Å²) in [4.78, 5) is 11.8. The van der Waals surface area contributed by atoms with Crippen LogP contribution in [0.2, 0.25) is 0 Å². The first-order valence-electron chi connectivity index (χ1n) is 5.55. The molecule has 1 amide bonds. The highest BCUT2D eigenvalue weighted by Gasteiger charge is 2.33. The van der Waals surface area contributed by atoms with Crippen LogP contribution in [0.25, 0.3) is 0 Å². The number of halogens is 3. The van der Waals surface area contributed by atoms with Gasteiger partial charge >= 0.3 is 6.18 Å². The Kier molecular flexibility index (Phi) is 3.46. The summed E-state index contributed by atoms with van der Waals surface area (Å²) in [6.07, 6.45) is 0.371. The molecule has 0 aliphatic heterocycles. The summed E-state index contributed by atoms with van der Waals surface area (Å²) in [5.74, 6) is -0.0546. The summed E-state index contributed by atoms with van der Waals surface area (Å²) in [6, 6.07) is -0.465. The number of nitrogens with one attached hydrogen (secondary N) is 1. The van der Waals surface area contributed by atoms with Crippen LogP contribution in [0.1, 0.15) is 22.5 Å². The molecule has 1 aromatic rings. The lowest BCUT2D eigenvalue weighted by molar-refractivity contribution is -0.0886. The fraction of sp³-hybridized carbons (Fsp3) is 0.333. The Bertz CT molecular complexity index is 543. The van der Waals surface area contributed by atoms with Gasteiger partial charge in [0, 0.05) is 0 Å². The van der Waals surface area contributed by atoms with E-state index in [2.05, 4.69) is 10.5 Å². The maximum absolute atomic E-state index is 12.4. The standard InChI is InChI=1S/C12H11F3N2O2/c1-7-10(6-16-19-7)11(18)17-9-4-2-8(3-5-9)12(13,14)15/h2-4,6,9H,5H2,1H3,(H,17,18). The quantitative estimate of drug-likeness (QED) is 0.900. The molecule has 0 bridgehead atoms. The Labute approximate surface area is 107 Å². The van der Waals surface area contributed by atoms with Gasteiger partial charge in [-0.3, -0.25) is 4.79 Å². The molecule has 0 aromatic carbocycles. The Morgan fingerprint density at radius 2 is 2.26 bits per heavy atom. The van der Waals surface area contributed by atoms with Gasteiger partial charge in [-0.25, -0.2) is 0 Å². The summed E-state index contributed by atoms with van der Waals surface area (Å²) in [7, 11) is 0. The molecule has 102 valence electrons. The summed E-state index contributed by atoms with van der Waals surface area (Å²) >= 11 is 0. The molecule has 1 heterocycles. The lowest BCUT2D eigenvalue weighted by Gasteiger charge is -2.18. The van der Waals surface area contributed by atoms with Gasteiger partial charge in [0.15, 0.2) is 0 Å². The van der Waals surface area contributed by atoms with E-state index >= 15 is 0 Å². The van der Waals surface area contributed by atoms with E-state index in [4.69, 9.17) is 4.52 Å². The first-order valence-corrected chi connectivity index (χ1v) is 5.55. The lowest BCUT2D eigenvalue weighted by Crippen LogP contribution is -2.34. The van der Waals surface area contributed by atoms with Crippen molar-refractivity contribution >= 4 is 5.91 Å². The van der Waals surface area contributed by atoms with Crippen molar-refractivity contribution in [2.45, 2.75) is 25.6 Å². The van der Waals surface area contributed by atoms with E-state index in [0.717, 1.165) is 12.2 Å². The van der Waals surface area contributed by atoms with Crippen molar-refractivity contribution in [3.63, 3.8) is 0 Å². The normalized spacial score (nSPS) is 19.2. The first-order chi connectivity index (χ1) is 8.88. The molecule has 19 heavy (non-hydrogen) atoms. The third kappa shape index (κ3) is 3.04. The maximum Gasteiger partial charge on any atom is 0.416 e. The fourth-order valence-corrected chi connectivity index (χ4v) is 1.70. The molecule has 1 atom stereocenters. The smallest absolute Gasteiger partial charge is 0.361 e. The topological polar surface area (TPSA) is 55.1 Å². The van der Waals surface area contributed by atoms with E-state index < -0.39 is 23.7 Å². The molecular weight excluding hydrogens is 261 g/mol. The van der Waals surface area contributed by atoms with Crippen LogP contribution in [-0.2, 0) is 0 Å². The molecular formula is C12H11F3N2O2. The number of carbonyl (C=O) groups is 1. The van der Waals surface area contributed by atoms with E-state index in [0.29, 0.717) is 5.76 Å². The molecule has 1 N–H and O–H groups in total. The highest BCUT2D eigenvalue weighted by Crippen LogP contribution is 2.29. The zero-order chi connectivity index (χ0) is 14.0. The predicted molar refractivity (Wildman–Crippen MR) is 60.4 cm³/mol. The van der Waals surface area contributed by atoms with Gasteiger partial charge < -0.3 is 9.84 Å². The van der Waals surface area contributed by atoms with Crippen LogP contribution in [0.15, 0.2) is 34.5 Å².